The molecule has 0 unspecified atom stereocenters. The lowest BCUT2D eigenvalue weighted by Gasteiger charge is -2.12. The zero-order valence-corrected chi connectivity index (χ0v) is 15.5. The Morgan fingerprint density at radius 1 is 1.12 bits per heavy atom. The van der Waals surface area contributed by atoms with Crippen LogP contribution >= 0.6 is 11.6 Å². The molecule has 0 aliphatic rings. The predicted molar refractivity (Wildman–Crippen MR) is 102 cm³/mol. The van der Waals surface area contributed by atoms with Gasteiger partial charge in [-0.25, -0.2) is 5.43 Å². The number of hydrogen-bond donors (Lipinski definition) is 2. The average molecular weight is 378 g/mol. The largest absolute Gasteiger partial charge is 0.493 e. The number of carbonyl (C=O) groups is 1. The standard InChI is InChI=1S/C18H20ClN3O4/c1-24-15-7-12(8-16(25-2)18(15)26-3)10-21-22-17(23)11-20-14-6-4-5-13(19)9-14/h4-10,20H,11H2,1-3H3,(H,22,23)/b21-10+. The van der Waals surface area contributed by atoms with E-state index in [1.807, 2.05) is 6.07 Å². The van der Waals surface area contributed by atoms with Gasteiger partial charge in [-0.05, 0) is 30.3 Å². The highest BCUT2D eigenvalue weighted by molar-refractivity contribution is 6.30. The summed E-state index contributed by atoms with van der Waals surface area (Å²) in [6, 6.07) is 10.6. The molecule has 0 fully saturated rings. The van der Waals surface area contributed by atoms with Crippen molar-refractivity contribution in [2.45, 2.75) is 0 Å². The normalized spacial score (nSPS) is 10.5. The molecule has 0 spiro atoms. The second-order valence-electron chi connectivity index (χ2n) is 5.12. The molecule has 7 nitrogen and oxygen atoms in total. The summed E-state index contributed by atoms with van der Waals surface area (Å²) in [5.74, 6) is 1.19. The molecule has 0 aliphatic carbocycles. The first-order chi connectivity index (χ1) is 12.6. The number of methoxy groups -OCH3 is 3. The Morgan fingerprint density at radius 3 is 2.38 bits per heavy atom. The monoisotopic (exact) mass is 377 g/mol. The molecule has 8 heteroatoms. The Morgan fingerprint density at radius 2 is 1.81 bits per heavy atom. The summed E-state index contributed by atoms with van der Waals surface area (Å²) >= 11 is 5.89. The van der Waals surface area contributed by atoms with Gasteiger partial charge in [0.25, 0.3) is 5.91 Å². The highest BCUT2D eigenvalue weighted by Gasteiger charge is 2.12. The number of benzene rings is 2. The Labute approximate surface area is 156 Å². The molecule has 2 aromatic rings. The van der Waals surface area contributed by atoms with Crippen LogP contribution in [0, 0.1) is 0 Å². The van der Waals surface area contributed by atoms with Crippen molar-refractivity contribution in [1.82, 2.24) is 5.43 Å². The van der Waals surface area contributed by atoms with E-state index in [4.69, 9.17) is 25.8 Å². The number of nitrogens with zero attached hydrogens (tertiary/aromatic N) is 1. The van der Waals surface area contributed by atoms with Gasteiger partial charge in [0, 0.05) is 16.3 Å². The van der Waals surface area contributed by atoms with Crippen molar-refractivity contribution in [3.05, 3.63) is 47.0 Å². The molecule has 1 amide bonds. The Balaban J connectivity index is 1.96. The summed E-state index contributed by atoms with van der Waals surface area (Å²) < 4.78 is 15.8. The van der Waals surface area contributed by atoms with Crippen molar-refractivity contribution < 1.29 is 19.0 Å². The minimum absolute atomic E-state index is 0.0624. The van der Waals surface area contributed by atoms with Crippen LogP contribution in [-0.4, -0.2) is 40.0 Å². The summed E-state index contributed by atoms with van der Waals surface area (Å²) in [7, 11) is 4.59. The number of halogens is 1. The number of carbonyl (C=O) groups excluding carboxylic acids is 1. The van der Waals surface area contributed by atoms with Crippen molar-refractivity contribution >= 4 is 29.4 Å². The van der Waals surface area contributed by atoms with Crippen molar-refractivity contribution in [2.75, 3.05) is 33.2 Å². The Bertz CT molecular complexity index is 771. The van der Waals surface area contributed by atoms with E-state index in [1.54, 1.807) is 30.3 Å². The third-order valence-electron chi connectivity index (χ3n) is 3.37. The van der Waals surface area contributed by atoms with Gasteiger partial charge >= 0.3 is 0 Å². The first-order valence-electron chi connectivity index (χ1n) is 7.68. The third kappa shape index (κ3) is 5.29. The maximum Gasteiger partial charge on any atom is 0.259 e. The van der Waals surface area contributed by atoms with Crippen molar-refractivity contribution in [1.29, 1.82) is 0 Å². The highest BCUT2D eigenvalue weighted by Crippen LogP contribution is 2.37. The van der Waals surface area contributed by atoms with Crippen molar-refractivity contribution in [3.63, 3.8) is 0 Å². The smallest absolute Gasteiger partial charge is 0.259 e. The minimum atomic E-state index is -0.298. The third-order valence-corrected chi connectivity index (χ3v) is 3.60. The molecule has 0 saturated heterocycles. The van der Waals surface area contributed by atoms with Gasteiger partial charge in [0.1, 0.15) is 0 Å². The van der Waals surface area contributed by atoms with Crippen LogP contribution in [0.15, 0.2) is 41.5 Å². The minimum Gasteiger partial charge on any atom is -0.493 e. The van der Waals surface area contributed by atoms with Crippen LogP contribution in [0.3, 0.4) is 0 Å². The average Bonchev–Trinajstić information content (AvgIpc) is 2.65. The molecule has 2 N–H and O–H groups in total. The number of anilines is 1. The lowest BCUT2D eigenvalue weighted by Crippen LogP contribution is -2.25. The molecule has 0 atom stereocenters. The van der Waals surface area contributed by atoms with Gasteiger partial charge in [-0.3, -0.25) is 4.79 Å². The molecule has 0 radical (unpaired) electrons. The lowest BCUT2D eigenvalue weighted by atomic mass is 10.2. The summed E-state index contributed by atoms with van der Waals surface area (Å²) in [4.78, 5) is 11.8. The topological polar surface area (TPSA) is 81.2 Å². The lowest BCUT2D eigenvalue weighted by molar-refractivity contribution is -0.119. The second kappa shape index (κ2) is 9.53. The summed E-state index contributed by atoms with van der Waals surface area (Å²) in [5, 5.41) is 7.49. The SMILES string of the molecule is COc1cc(/C=N/NC(=O)CNc2cccc(Cl)c2)cc(OC)c1OC. The predicted octanol–water partition coefficient (Wildman–Crippen LogP) is 2.93. The van der Waals surface area contributed by atoms with E-state index in [-0.39, 0.29) is 12.5 Å². The fourth-order valence-electron chi connectivity index (χ4n) is 2.18. The molecule has 0 aliphatic heterocycles. The van der Waals surface area contributed by atoms with Crippen LogP contribution in [-0.2, 0) is 4.79 Å². The molecule has 2 aromatic carbocycles. The summed E-state index contributed by atoms with van der Waals surface area (Å²) in [6.07, 6.45) is 1.49. The summed E-state index contributed by atoms with van der Waals surface area (Å²) in [6.45, 7) is 0.0624. The van der Waals surface area contributed by atoms with Crippen LogP contribution in [0.4, 0.5) is 5.69 Å². The van der Waals surface area contributed by atoms with Gasteiger partial charge in [0.05, 0.1) is 34.1 Å². The molecule has 0 aromatic heterocycles. The van der Waals surface area contributed by atoms with E-state index in [9.17, 15) is 4.79 Å². The molecular weight excluding hydrogens is 358 g/mol. The number of amides is 1. The van der Waals surface area contributed by atoms with Gasteiger partial charge in [-0.1, -0.05) is 17.7 Å². The number of hydrogen-bond acceptors (Lipinski definition) is 6. The quantitative estimate of drug-likeness (QED) is 0.546. The number of nitrogens with one attached hydrogen (secondary N) is 2. The first kappa shape index (κ1) is 19.4. The summed E-state index contributed by atoms with van der Waals surface area (Å²) in [5.41, 5.74) is 3.88. The molecule has 0 heterocycles. The maximum atomic E-state index is 11.8. The van der Waals surface area contributed by atoms with Crippen molar-refractivity contribution in [3.8, 4) is 17.2 Å². The number of rotatable bonds is 8. The molecular formula is C18H20ClN3O4. The maximum absolute atomic E-state index is 11.8. The Hall–Kier alpha value is -2.93. The molecule has 26 heavy (non-hydrogen) atoms. The second-order valence-corrected chi connectivity index (χ2v) is 5.55. The fraction of sp³-hybridized carbons (Fsp3) is 0.222. The molecule has 138 valence electrons. The van der Waals surface area contributed by atoms with Crippen LogP contribution in [0.5, 0.6) is 17.2 Å². The highest BCUT2D eigenvalue weighted by atomic mass is 35.5. The zero-order valence-electron chi connectivity index (χ0n) is 14.7. The zero-order chi connectivity index (χ0) is 18.9. The van der Waals surface area contributed by atoms with E-state index in [0.29, 0.717) is 27.8 Å². The van der Waals surface area contributed by atoms with E-state index < -0.39 is 0 Å². The van der Waals surface area contributed by atoms with Gasteiger partial charge in [-0.15, -0.1) is 0 Å². The van der Waals surface area contributed by atoms with Gasteiger partial charge in [0.2, 0.25) is 5.75 Å². The molecule has 0 bridgehead atoms. The van der Waals surface area contributed by atoms with Gasteiger partial charge in [0.15, 0.2) is 11.5 Å². The molecule has 0 saturated carbocycles. The number of ether oxygens (including phenoxy) is 3. The van der Waals surface area contributed by atoms with Gasteiger partial charge in [-0.2, -0.15) is 5.10 Å². The van der Waals surface area contributed by atoms with E-state index in [2.05, 4.69) is 15.8 Å². The van der Waals surface area contributed by atoms with E-state index in [0.717, 1.165) is 5.69 Å². The van der Waals surface area contributed by atoms with Crippen LogP contribution in [0.2, 0.25) is 5.02 Å². The van der Waals surface area contributed by atoms with E-state index in [1.165, 1.54) is 27.5 Å². The van der Waals surface area contributed by atoms with Crippen LogP contribution in [0.1, 0.15) is 5.56 Å². The van der Waals surface area contributed by atoms with E-state index >= 15 is 0 Å². The van der Waals surface area contributed by atoms with Crippen molar-refractivity contribution in [2.24, 2.45) is 5.10 Å². The Kier molecular flexibility index (Phi) is 7.11. The van der Waals surface area contributed by atoms with Crippen LogP contribution < -0.4 is 25.0 Å². The van der Waals surface area contributed by atoms with Gasteiger partial charge < -0.3 is 19.5 Å². The molecule has 2 rings (SSSR count). The fourth-order valence-corrected chi connectivity index (χ4v) is 2.37. The number of hydrazone groups is 1. The first-order valence-corrected chi connectivity index (χ1v) is 8.06. The van der Waals surface area contributed by atoms with Crippen LogP contribution in [0.25, 0.3) is 0 Å².